The Bertz CT molecular complexity index is 914. The van der Waals surface area contributed by atoms with Gasteiger partial charge in [-0.3, -0.25) is 4.90 Å². The third-order valence-corrected chi connectivity index (χ3v) is 6.60. The lowest BCUT2D eigenvalue weighted by atomic mass is 10.1. The number of benzene rings is 2. The van der Waals surface area contributed by atoms with Crippen molar-refractivity contribution in [1.29, 1.82) is 0 Å². The van der Waals surface area contributed by atoms with Crippen LogP contribution in [0.15, 0.2) is 77.1 Å². The predicted molar refractivity (Wildman–Crippen MR) is 124 cm³/mol. The lowest BCUT2D eigenvalue weighted by molar-refractivity contribution is 0.331. The van der Waals surface area contributed by atoms with Gasteiger partial charge in [-0.1, -0.05) is 60.4 Å². The van der Waals surface area contributed by atoms with Crippen LogP contribution in [0.5, 0.6) is 0 Å². The zero-order valence-electron chi connectivity index (χ0n) is 16.1. The molecule has 2 aromatic rings. The molecular weight excluding hydrogens is 382 g/mol. The molecule has 0 fully saturated rings. The Morgan fingerprint density at radius 3 is 2.71 bits per heavy atom. The summed E-state index contributed by atoms with van der Waals surface area (Å²) >= 11 is 7.43. The first kappa shape index (κ1) is 19.2. The van der Waals surface area contributed by atoms with E-state index < -0.39 is 0 Å². The van der Waals surface area contributed by atoms with Crippen LogP contribution in [0.3, 0.4) is 0 Å². The quantitative estimate of drug-likeness (QED) is 0.535. The lowest BCUT2D eigenvalue weighted by Gasteiger charge is -2.39. The van der Waals surface area contributed by atoms with E-state index in [1.54, 1.807) is 0 Å². The van der Waals surface area contributed by atoms with Crippen LogP contribution in [-0.2, 0) is 0 Å². The van der Waals surface area contributed by atoms with Gasteiger partial charge in [0.15, 0.2) is 0 Å². The van der Waals surface area contributed by atoms with Gasteiger partial charge < -0.3 is 10.2 Å². The summed E-state index contributed by atoms with van der Waals surface area (Å²) in [5.74, 6) is 0. The zero-order chi connectivity index (χ0) is 19.5. The minimum absolute atomic E-state index is 0.352. The summed E-state index contributed by atoms with van der Waals surface area (Å²) in [6.45, 7) is 9.85. The van der Waals surface area contributed by atoms with Gasteiger partial charge in [0.2, 0.25) is 0 Å². The first-order valence-electron chi connectivity index (χ1n) is 9.64. The second-order valence-corrected chi connectivity index (χ2v) is 8.65. The molecule has 3 nitrogen and oxygen atoms in total. The molecule has 1 unspecified atom stereocenters. The highest BCUT2D eigenvalue weighted by Crippen LogP contribution is 2.49. The van der Waals surface area contributed by atoms with E-state index in [1.165, 1.54) is 21.2 Å². The maximum absolute atomic E-state index is 5.59. The van der Waals surface area contributed by atoms with Crippen LogP contribution in [0, 0.1) is 0 Å². The predicted octanol–water partition coefficient (Wildman–Crippen LogP) is 5.00. The second kappa shape index (κ2) is 8.52. The van der Waals surface area contributed by atoms with E-state index in [1.807, 2.05) is 17.8 Å². The molecule has 1 atom stereocenters. The molecule has 2 heterocycles. The van der Waals surface area contributed by atoms with Crippen LogP contribution in [0.1, 0.15) is 12.5 Å². The molecule has 0 aliphatic carbocycles. The summed E-state index contributed by atoms with van der Waals surface area (Å²) < 4.78 is 0. The highest BCUT2D eigenvalue weighted by atomic mass is 32.2. The highest BCUT2D eigenvalue weighted by Gasteiger charge is 2.28. The van der Waals surface area contributed by atoms with Gasteiger partial charge in [-0.05, 0) is 31.2 Å². The number of nitrogens with one attached hydrogen (secondary N) is 1. The van der Waals surface area contributed by atoms with Gasteiger partial charge in [0.05, 0.1) is 11.4 Å². The van der Waals surface area contributed by atoms with E-state index in [2.05, 4.69) is 83.2 Å². The number of para-hydroxylation sites is 1. The summed E-state index contributed by atoms with van der Waals surface area (Å²) in [6, 6.07) is 15.6. The molecule has 0 bridgehead atoms. The largest absolute Gasteiger partial charge is 0.372 e. The number of fused-ring (bicyclic) bond motifs is 2. The topological polar surface area (TPSA) is 18.5 Å². The number of hydrogen-bond acceptors (Lipinski definition) is 4. The Labute approximate surface area is 177 Å². The Morgan fingerprint density at radius 2 is 1.93 bits per heavy atom. The number of hydrogen-bond donors (Lipinski definition) is 1. The van der Waals surface area contributed by atoms with Crippen molar-refractivity contribution in [3.05, 3.63) is 72.8 Å². The van der Waals surface area contributed by atoms with Crippen molar-refractivity contribution < 1.29 is 0 Å². The Kier molecular flexibility index (Phi) is 5.85. The van der Waals surface area contributed by atoms with Crippen molar-refractivity contribution in [2.75, 3.05) is 31.1 Å². The van der Waals surface area contributed by atoms with E-state index in [0.717, 1.165) is 30.2 Å². The van der Waals surface area contributed by atoms with Crippen molar-refractivity contribution in [3.8, 4) is 0 Å². The summed E-state index contributed by atoms with van der Waals surface area (Å²) in [6.07, 6.45) is 6.33. The van der Waals surface area contributed by atoms with Crippen molar-refractivity contribution in [3.63, 3.8) is 0 Å². The van der Waals surface area contributed by atoms with Crippen LogP contribution in [0.4, 0.5) is 11.4 Å². The fraction of sp³-hybridized carbons (Fsp3) is 0.261. The number of anilines is 2. The molecule has 0 aromatic heterocycles. The first-order chi connectivity index (χ1) is 13.7. The lowest BCUT2D eigenvalue weighted by Crippen LogP contribution is -2.40. The van der Waals surface area contributed by atoms with E-state index in [0.29, 0.717) is 12.6 Å². The van der Waals surface area contributed by atoms with Gasteiger partial charge in [0, 0.05) is 47.6 Å². The molecule has 0 spiro atoms. The molecule has 0 radical (unpaired) electrons. The van der Waals surface area contributed by atoms with E-state index in [9.17, 15) is 0 Å². The molecule has 1 N–H and O–H groups in total. The molecular formula is C23H25N3S2. The van der Waals surface area contributed by atoms with Crippen molar-refractivity contribution >= 4 is 40.3 Å². The van der Waals surface area contributed by atoms with E-state index in [-0.39, 0.29) is 0 Å². The average molecular weight is 408 g/mol. The van der Waals surface area contributed by atoms with Crippen LogP contribution < -0.4 is 10.2 Å². The van der Waals surface area contributed by atoms with Gasteiger partial charge in [0.1, 0.15) is 4.99 Å². The first-order valence-corrected chi connectivity index (χ1v) is 10.9. The summed E-state index contributed by atoms with van der Waals surface area (Å²) in [4.78, 5) is 8.32. The second-order valence-electron chi connectivity index (χ2n) is 7.16. The third-order valence-electron chi connectivity index (χ3n) is 5.09. The Balaban J connectivity index is 1.69. The SMILES string of the molecule is C=CCNC(=S)c1ccc2c(c1)N(C(C)CN1CC=CC1)c1ccccc1S2. The fourth-order valence-electron chi connectivity index (χ4n) is 3.79. The standard InChI is InChI=1S/C23H25N3S2/c1-3-12-24-23(27)18-10-11-22-20(15-18)26(17(2)16-25-13-6-7-14-25)19-8-4-5-9-21(19)28-22/h3-11,15,17H,1,12-14,16H2,2H3,(H,24,27). The smallest absolute Gasteiger partial charge is 0.106 e. The molecule has 0 saturated carbocycles. The Hall–Kier alpha value is -2.08. The van der Waals surface area contributed by atoms with Gasteiger partial charge in [-0.15, -0.1) is 6.58 Å². The fourth-order valence-corrected chi connectivity index (χ4v) is 5.05. The monoisotopic (exact) mass is 407 g/mol. The van der Waals surface area contributed by atoms with Gasteiger partial charge in [0.25, 0.3) is 0 Å². The molecule has 28 heavy (non-hydrogen) atoms. The van der Waals surface area contributed by atoms with Crippen molar-refractivity contribution in [1.82, 2.24) is 10.2 Å². The van der Waals surface area contributed by atoms with Crippen LogP contribution in [-0.4, -0.2) is 42.1 Å². The third kappa shape index (κ3) is 3.88. The normalized spacial score (nSPS) is 16.4. The molecule has 2 aliphatic rings. The van der Waals surface area contributed by atoms with Crippen molar-refractivity contribution in [2.45, 2.75) is 22.8 Å². The molecule has 2 aromatic carbocycles. The number of rotatable bonds is 6. The molecule has 4 rings (SSSR count). The average Bonchev–Trinajstić information content (AvgIpc) is 3.22. The highest BCUT2D eigenvalue weighted by molar-refractivity contribution is 7.99. The van der Waals surface area contributed by atoms with Gasteiger partial charge in [-0.25, -0.2) is 0 Å². The zero-order valence-corrected chi connectivity index (χ0v) is 17.7. The minimum Gasteiger partial charge on any atom is -0.372 e. The van der Waals surface area contributed by atoms with Gasteiger partial charge >= 0.3 is 0 Å². The number of nitrogens with zero attached hydrogens (tertiary/aromatic N) is 2. The molecule has 5 heteroatoms. The summed E-state index contributed by atoms with van der Waals surface area (Å²) in [5.41, 5.74) is 3.57. The van der Waals surface area contributed by atoms with Crippen LogP contribution in [0.25, 0.3) is 0 Å². The summed E-state index contributed by atoms with van der Waals surface area (Å²) in [7, 11) is 0. The number of thiocarbonyl (C=S) groups is 1. The molecule has 0 amide bonds. The maximum atomic E-state index is 5.59. The summed E-state index contributed by atoms with van der Waals surface area (Å²) in [5, 5.41) is 3.25. The Morgan fingerprint density at radius 1 is 1.18 bits per heavy atom. The molecule has 144 valence electrons. The maximum Gasteiger partial charge on any atom is 0.106 e. The van der Waals surface area contributed by atoms with Crippen LogP contribution >= 0.6 is 24.0 Å². The van der Waals surface area contributed by atoms with Crippen LogP contribution in [0.2, 0.25) is 0 Å². The molecule has 2 aliphatic heterocycles. The molecule has 0 saturated heterocycles. The van der Waals surface area contributed by atoms with E-state index in [4.69, 9.17) is 12.2 Å². The minimum atomic E-state index is 0.352. The van der Waals surface area contributed by atoms with Crippen molar-refractivity contribution in [2.24, 2.45) is 0 Å². The van der Waals surface area contributed by atoms with E-state index >= 15 is 0 Å². The van der Waals surface area contributed by atoms with Gasteiger partial charge in [-0.2, -0.15) is 0 Å².